The quantitative estimate of drug-likeness (QED) is 0.792. The molecule has 22 heavy (non-hydrogen) atoms. The van der Waals surface area contributed by atoms with Gasteiger partial charge < -0.3 is 14.4 Å². The van der Waals surface area contributed by atoms with E-state index in [1.807, 2.05) is 30.5 Å². The van der Waals surface area contributed by atoms with Crippen molar-refractivity contribution in [2.45, 2.75) is 37.7 Å². The minimum atomic E-state index is 0.107. The van der Waals surface area contributed by atoms with E-state index >= 15 is 0 Å². The zero-order valence-electron chi connectivity index (χ0n) is 13.0. The second kappa shape index (κ2) is 6.86. The molecule has 0 aromatic carbocycles. The van der Waals surface area contributed by atoms with Gasteiger partial charge in [-0.15, -0.1) is 23.1 Å². The van der Waals surface area contributed by atoms with Crippen LogP contribution < -0.4 is 0 Å². The third-order valence-corrected chi connectivity index (χ3v) is 6.45. The molecule has 2 fully saturated rings. The number of rotatable bonds is 6. The number of likely N-dealkylation sites (tertiary alicyclic amines) is 1. The third-order valence-electron chi connectivity index (χ3n) is 4.05. The lowest BCUT2D eigenvalue weighted by Crippen LogP contribution is -2.61. The van der Waals surface area contributed by atoms with Crippen molar-refractivity contribution in [3.05, 3.63) is 16.1 Å². The van der Waals surface area contributed by atoms with Crippen molar-refractivity contribution in [2.75, 3.05) is 32.1 Å². The number of hydrogen-bond acceptors (Lipinski definition) is 6. The van der Waals surface area contributed by atoms with Crippen LogP contribution in [0.15, 0.2) is 5.38 Å². The van der Waals surface area contributed by atoms with Crippen molar-refractivity contribution in [1.82, 2.24) is 9.88 Å². The van der Waals surface area contributed by atoms with Gasteiger partial charge in [0.15, 0.2) is 0 Å². The summed E-state index contributed by atoms with van der Waals surface area (Å²) in [5.74, 6) is 1.12. The summed E-state index contributed by atoms with van der Waals surface area (Å²) in [6.45, 7) is 6.98. The fraction of sp³-hybridized carbons (Fsp3) is 0.733. The molecule has 122 valence electrons. The summed E-state index contributed by atoms with van der Waals surface area (Å²) in [6, 6.07) is 0. The van der Waals surface area contributed by atoms with Crippen molar-refractivity contribution < 1.29 is 14.3 Å². The molecule has 0 bridgehead atoms. The summed E-state index contributed by atoms with van der Waals surface area (Å²) >= 11 is 3.61. The normalized spacial score (nSPS) is 23.0. The van der Waals surface area contributed by atoms with Gasteiger partial charge in [0.1, 0.15) is 6.61 Å². The standard InChI is InChI=1S/C15H22N2O3S2/c1-3-19-6-14(18)17-9-15(10-17)4-13(8-22-15)20-5-12-7-21-11(2)16-12/h7,13H,3-6,8-10H2,1-2H3/t13-/m1/s1. The Bertz CT molecular complexity index is 529. The van der Waals surface area contributed by atoms with E-state index in [-0.39, 0.29) is 23.4 Å². The first-order chi connectivity index (χ1) is 10.6. The van der Waals surface area contributed by atoms with Crippen LogP contribution in [0.25, 0.3) is 0 Å². The molecule has 0 unspecified atom stereocenters. The number of carbonyl (C=O) groups excluding carboxylic acids is 1. The zero-order chi connectivity index (χ0) is 15.6. The molecule has 1 aromatic heterocycles. The van der Waals surface area contributed by atoms with Crippen LogP contribution in [0.5, 0.6) is 0 Å². The number of amides is 1. The number of ether oxygens (including phenoxy) is 2. The Labute approximate surface area is 139 Å². The highest BCUT2D eigenvalue weighted by Gasteiger charge is 2.50. The number of thioether (sulfide) groups is 1. The second-order valence-corrected chi connectivity index (χ2v) is 8.43. The molecule has 3 rings (SSSR count). The highest BCUT2D eigenvalue weighted by atomic mass is 32.2. The molecular weight excluding hydrogens is 320 g/mol. The summed E-state index contributed by atoms with van der Waals surface area (Å²) in [5.41, 5.74) is 1.02. The number of nitrogens with zero attached hydrogens (tertiary/aromatic N) is 2. The first-order valence-electron chi connectivity index (χ1n) is 7.62. The summed E-state index contributed by atoms with van der Waals surface area (Å²) in [4.78, 5) is 18.2. The van der Waals surface area contributed by atoms with Gasteiger partial charge in [0.05, 0.1) is 28.2 Å². The number of aryl methyl sites for hydroxylation is 1. The highest BCUT2D eigenvalue weighted by molar-refractivity contribution is 8.01. The van der Waals surface area contributed by atoms with Crippen LogP contribution in [0.1, 0.15) is 24.0 Å². The van der Waals surface area contributed by atoms with E-state index in [0.29, 0.717) is 13.2 Å². The van der Waals surface area contributed by atoms with Gasteiger partial charge in [0.25, 0.3) is 0 Å². The maximum atomic E-state index is 11.9. The molecule has 0 radical (unpaired) electrons. The van der Waals surface area contributed by atoms with Crippen molar-refractivity contribution in [3.63, 3.8) is 0 Å². The fourth-order valence-corrected chi connectivity index (χ4v) is 5.06. The van der Waals surface area contributed by atoms with E-state index in [9.17, 15) is 4.79 Å². The predicted octanol–water partition coefficient (Wildman–Crippen LogP) is 2.09. The Morgan fingerprint density at radius 1 is 1.55 bits per heavy atom. The van der Waals surface area contributed by atoms with Crippen LogP contribution in [0.2, 0.25) is 0 Å². The predicted molar refractivity (Wildman–Crippen MR) is 88.3 cm³/mol. The van der Waals surface area contributed by atoms with Gasteiger partial charge in [-0.25, -0.2) is 4.98 Å². The van der Waals surface area contributed by atoms with E-state index < -0.39 is 0 Å². The van der Waals surface area contributed by atoms with E-state index in [4.69, 9.17) is 9.47 Å². The molecule has 1 aromatic rings. The molecule has 0 saturated carbocycles. The molecular formula is C15H22N2O3S2. The van der Waals surface area contributed by atoms with Gasteiger partial charge in [-0.3, -0.25) is 4.79 Å². The molecule has 0 N–H and O–H groups in total. The molecule has 1 amide bonds. The lowest BCUT2D eigenvalue weighted by Gasteiger charge is -2.47. The second-order valence-electron chi connectivity index (χ2n) is 5.88. The van der Waals surface area contributed by atoms with Gasteiger partial charge in [-0.05, 0) is 20.3 Å². The minimum Gasteiger partial charge on any atom is -0.372 e. The lowest BCUT2D eigenvalue weighted by molar-refractivity contribution is -0.141. The molecule has 2 saturated heterocycles. The topological polar surface area (TPSA) is 51.7 Å². The Hall–Kier alpha value is -0.630. The Kier molecular flexibility index (Phi) is 5.07. The summed E-state index contributed by atoms with van der Waals surface area (Å²) in [5, 5.41) is 3.14. The van der Waals surface area contributed by atoms with Gasteiger partial charge in [0.2, 0.25) is 5.91 Å². The smallest absolute Gasteiger partial charge is 0.248 e. The average Bonchev–Trinajstić information content (AvgIpc) is 3.07. The van der Waals surface area contributed by atoms with Gasteiger partial charge in [-0.2, -0.15) is 0 Å². The van der Waals surface area contributed by atoms with Gasteiger partial charge in [0, 0.05) is 30.8 Å². The molecule has 1 atom stereocenters. The Morgan fingerprint density at radius 2 is 2.36 bits per heavy atom. The van der Waals surface area contributed by atoms with Gasteiger partial charge in [-0.1, -0.05) is 0 Å². The Balaban J connectivity index is 1.41. The molecule has 1 spiro atoms. The van der Waals surface area contributed by atoms with Crippen LogP contribution >= 0.6 is 23.1 Å². The van der Waals surface area contributed by atoms with Crippen LogP contribution in [-0.4, -0.2) is 58.7 Å². The van der Waals surface area contributed by atoms with E-state index in [1.54, 1.807) is 11.3 Å². The lowest BCUT2D eigenvalue weighted by atomic mass is 9.93. The summed E-state index contributed by atoms with van der Waals surface area (Å²) in [6.07, 6.45) is 1.30. The largest absolute Gasteiger partial charge is 0.372 e. The van der Waals surface area contributed by atoms with E-state index in [0.717, 1.165) is 36.0 Å². The van der Waals surface area contributed by atoms with Gasteiger partial charge >= 0.3 is 0 Å². The molecule has 5 nitrogen and oxygen atoms in total. The first kappa shape index (κ1) is 16.2. The van der Waals surface area contributed by atoms with Crippen LogP contribution in [-0.2, 0) is 20.9 Å². The molecule has 0 aliphatic carbocycles. The third kappa shape index (κ3) is 3.64. The Morgan fingerprint density at radius 3 is 3.05 bits per heavy atom. The SMILES string of the molecule is CCOCC(=O)N1CC2(C[C@@H](OCc3csc(C)n3)CS2)C1. The number of carbonyl (C=O) groups is 1. The van der Waals surface area contributed by atoms with Crippen LogP contribution in [0.3, 0.4) is 0 Å². The maximum absolute atomic E-state index is 11.9. The monoisotopic (exact) mass is 342 g/mol. The molecule has 2 aliphatic rings. The number of thiazole rings is 1. The van der Waals surface area contributed by atoms with E-state index in [1.165, 1.54) is 0 Å². The maximum Gasteiger partial charge on any atom is 0.248 e. The average molecular weight is 342 g/mol. The number of hydrogen-bond donors (Lipinski definition) is 0. The fourth-order valence-electron chi connectivity index (χ4n) is 2.91. The minimum absolute atomic E-state index is 0.107. The van der Waals surface area contributed by atoms with Crippen molar-refractivity contribution in [3.8, 4) is 0 Å². The van der Waals surface area contributed by atoms with Crippen molar-refractivity contribution in [1.29, 1.82) is 0 Å². The summed E-state index contributed by atoms with van der Waals surface area (Å²) < 4.78 is 11.4. The molecule has 7 heteroatoms. The molecule has 3 heterocycles. The first-order valence-corrected chi connectivity index (χ1v) is 9.49. The zero-order valence-corrected chi connectivity index (χ0v) is 14.7. The molecule has 2 aliphatic heterocycles. The highest BCUT2D eigenvalue weighted by Crippen LogP contribution is 2.46. The number of aromatic nitrogens is 1. The van der Waals surface area contributed by atoms with E-state index in [2.05, 4.69) is 10.4 Å². The van der Waals surface area contributed by atoms with Crippen molar-refractivity contribution >= 4 is 29.0 Å². The van der Waals surface area contributed by atoms with Crippen molar-refractivity contribution in [2.24, 2.45) is 0 Å². The summed E-state index contributed by atoms with van der Waals surface area (Å²) in [7, 11) is 0. The van der Waals surface area contributed by atoms with Crippen LogP contribution in [0.4, 0.5) is 0 Å². The van der Waals surface area contributed by atoms with Crippen LogP contribution in [0, 0.1) is 6.92 Å².